The fourth-order valence-electron chi connectivity index (χ4n) is 1.86. The summed E-state index contributed by atoms with van der Waals surface area (Å²) in [5.41, 5.74) is 0.327. The number of carbonyl (C=O) groups is 1. The van der Waals surface area contributed by atoms with Gasteiger partial charge >= 0.3 is 5.97 Å². The minimum Gasteiger partial charge on any atom is -0.478 e. The molecule has 0 aromatic heterocycles. The Morgan fingerprint density at radius 1 is 1.56 bits per heavy atom. The summed E-state index contributed by atoms with van der Waals surface area (Å²) in [5, 5.41) is 8.77. The highest BCUT2D eigenvalue weighted by Gasteiger charge is 2.24. The Morgan fingerprint density at radius 2 is 2.28 bits per heavy atom. The van der Waals surface area contributed by atoms with Crippen LogP contribution in [0.1, 0.15) is 23.2 Å². The number of aromatic carboxylic acids is 1. The molecule has 0 amide bonds. The summed E-state index contributed by atoms with van der Waals surface area (Å²) in [7, 11) is 0. The predicted octanol–water partition coefficient (Wildman–Crippen LogP) is 2.37. The molecular formula is C14H14FNO2. The lowest BCUT2D eigenvalue weighted by Crippen LogP contribution is -2.26. The molecule has 0 saturated heterocycles. The van der Waals surface area contributed by atoms with Crippen molar-refractivity contribution in [1.82, 2.24) is 0 Å². The van der Waals surface area contributed by atoms with Crippen LogP contribution in [0.4, 0.5) is 10.1 Å². The van der Waals surface area contributed by atoms with E-state index in [1.54, 1.807) is 6.07 Å². The number of halogens is 1. The van der Waals surface area contributed by atoms with Gasteiger partial charge in [0.05, 0.1) is 12.1 Å². The molecule has 1 fully saturated rings. The number of hydrogen-bond acceptors (Lipinski definition) is 2. The summed E-state index contributed by atoms with van der Waals surface area (Å²) >= 11 is 0. The van der Waals surface area contributed by atoms with Crippen molar-refractivity contribution in [3.8, 4) is 12.3 Å². The molecular weight excluding hydrogens is 233 g/mol. The first kappa shape index (κ1) is 12.4. The van der Waals surface area contributed by atoms with Gasteiger partial charge in [-0.05, 0) is 37.0 Å². The molecule has 0 spiro atoms. The van der Waals surface area contributed by atoms with Crippen LogP contribution in [0, 0.1) is 24.1 Å². The number of hydrogen-bond donors (Lipinski definition) is 1. The van der Waals surface area contributed by atoms with Gasteiger partial charge in [-0.1, -0.05) is 5.92 Å². The van der Waals surface area contributed by atoms with Gasteiger partial charge in [0.15, 0.2) is 0 Å². The van der Waals surface area contributed by atoms with E-state index in [9.17, 15) is 9.18 Å². The number of terminal acetylenes is 1. The van der Waals surface area contributed by atoms with Crippen LogP contribution in [0.3, 0.4) is 0 Å². The number of benzene rings is 1. The molecule has 1 saturated carbocycles. The second-order valence-corrected chi connectivity index (χ2v) is 4.50. The van der Waals surface area contributed by atoms with E-state index in [-0.39, 0.29) is 5.56 Å². The van der Waals surface area contributed by atoms with E-state index in [2.05, 4.69) is 5.92 Å². The van der Waals surface area contributed by atoms with Gasteiger partial charge in [0, 0.05) is 12.2 Å². The third-order valence-electron chi connectivity index (χ3n) is 3.01. The van der Waals surface area contributed by atoms with E-state index in [1.165, 1.54) is 25.0 Å². The van der Waals surface area contributed by atoms with Crippen molar-refractivity contribution in [2.75, 3.05) is 18.0 Å². The van der Waals surface area contributed by atoms with Gasteiger partial charge in [-0.3, -0.25) is 0 Å². The molecule has 1 aromatic carbocycles. The maximum Gasteiger partial charge on any atom is 0.338 e. The van der Waals surface area contributed by atoms with E-state index in [0.717, 1.165) is 6.54 Å². The lowest BCUT2D eigenvalue weighted by molar-refractivity contribution is 0.0692. The summed E-state index contributed by atoms with van der Waals surface area (Å²) in [6.45, 7) is 1.21. The van der Waals surface area contributed by atoms with Crippen molar-refractivity contribution < 1.29 is 14.3 Å². The minimum atomic E-state index is -1.26. The van der Waals surface area contributed by atoms with Gasteiger partial charge in [-0.2, -0.15) is 0 Å². The second-order valence-electron chi connectivity index (χ2n) is 4.50. The summed E-state index contributed by atoms with van der Waals surface area (Å²) < 4.78 is 13.6. The van der Waals surface area contributed by atoms with E-state index < -0.39 is 11.8 Å². The third kappa shape index (κ3) is 2.80. The Labute approximate surface area is 105 Å². The SMILES string of the molecule is C#CCN(CC1CC1)c1ccc(C(=O)O)c(F)c1. The Hall–Kier alpha value is -2.02. The fourth-order valence-corrected chi connectivity index (χ4v) is 1.86. The zero-order chi connectivity index (χ0) is 13.1. The molecule has 0 bridgehead atoms. The zero-order valence-electron chi connectivity index (χ0n) is 9.90. The van der Waals surface area contributed by atoms with Crippen molar-refractivity contribution in [3.63, 3.8) is 0 Å². The molecule has 3 nitrogen and oxygen atoms in total. The summed E-state index contributed by atoms with van der Waals surface area (Å²) in [4.78, 5) is 12.6. The Bertz CT molecular complexity index is 503. The molecule has 0 unspecified atom stereocenters. The molecule has 1 aliphatic rings. The van der Waals surface area contributed by atoms with Crippen LogP contribution < -0.4 is 4.90 Å². The molecule has 0 aliphatic heterocycles. The molecule has 1 N–H and O–H groups in total. The van der Waals surface area contributed by atoms with Gasteiger partial charge in [-0.15, -0.1) is 6.42 Å². The molecule has 1 aromatic rings. The average molecular weight is 247 g/mol. The maximum absolute atomic E-state index is 13.6. The van der Waals surface area contributed by atoms with E-state index in [0.29, 0.717) is 18.2 Å². The largest absolute Gasteiger partial charge is 0.478 e. The zero-order valence-corrected chi connectivity index (χ0v) is 9.90. The van der Waals surface area contributed by atoms with Crippen LogP contribution in [0.15, 0.2) is 18.2 Å². The van der Waals surface area contributed by atoms with Gasteiger partial charge in [0.25, 0.3) is 0 Å². The molecule has 2 rings (SSSR count). The Morgan fingerprint density at radius 3 is 2.78 bits per heavy atom. The summed E-state index contributed by atoms with van der Waals surface area (Å²) in [5.74, 6) is 1.19. The number of anilines is 1. The topological polar surface area (TPSA) is 40.5 Å². The van der Waals surface area contributed by atoms with Crippen LogP contribution >= 0.6 is 0 Å². The summed E-state index contributed by atoms with van der Waals surface area (Å²) in [6, 6.07) is 4.12. The highest BCUT2D eigenvalue weighted by Crippen LogP contribution is 2.31. The number of carboxylic acids is 1. The van der Waals surface area contributed by atoms with Gasteiger partial charge in [0.2, 0.25) is 0 Å². The monoisotopic (exact) mass is 247 g/mol. The fraction of sp³-hybridized carbons (Fsp3) is 0.357. The molecule has 18 heavy (non-hydrogen) atoms. The second kappa shape index (κ2) is 5.09. The normalized spacial score (nSPS) is 14.0. The van der Waals surface area contributed by atoms with Gasteiger partial charge < -0.3 is 10.0 Å². The molecule has 4 heteroatoms. The molecule has 1 aliphatic carbocycles. The van der Waals surface area contributed by atoms with E-state index in [1.807, 2.05) is 4.90 Å². The molecule has 0 radical (unpaired) electrons. The quantitative estimate of drug-likeness (QED) is 0.812. The Kier molecular flexibility index (Phi) is 3.52. The van der Waals surface area contributed by atoms with Crippen LogP contribution in [-0.4, -0.2) is 24.2 Å². The number of rotatable bonds is 5. The van der Waals surface area contributed by atoms with Crippen molar-refractivity contribution in [3.05, 3.63) is 29.6 Å². The lowest BCUT2D eigenvalue weighted by Gasteiger charge is -2.22. The van der Waals surface area contributed by atoms with Crippen LogP contribution in [0.2, 0.25) is 0 Å². The number of nitrogens with zero attached hydrogens (tertiary/aromatic N) is 1. The van der Waals surface area contributed by atoms with Crippen molar-refractivity contribution in [2.45, 2.75) is 12.8 Å². The Balaban J connectivity index is 2.21. The first-order valence-corrected chi connectivity index (χ1v) is 5.83. The smallest absolute Gasteiger partial charge is 0.338 e. The number of carboxylic acid groups (broad SMARTS) is 1. The van der Waals surface area contributed by atoms with Crippen LogP contribution in [0.25, 0.3) is 0 Å². The van der Waals surface area contributed by atoms with Crippen molar-refractivity contribution in [1.29, 1.82) is 0 Å². The van der Waals surface area contributed by atoms with Crippen molar-refractivity contribution in [2.24, 2.45) is 5.92 Å². The highest BCUT2D eigenvalue weighted by molar-refractivity contribution is 5.88. The lowest BCUT2D eigenvalue weighted by atomic mass is 10.1. The molecule has 94 valence electrons. The van der Waals surface area contributed by atoms with E-state index >= 15 is 0 Å². The van der Waals surface area contributed by atoms with Gasteiger partial charge in [-0.25, -0.2) is 9.18 Å². The highest BCUT2D eigenvalue weighted by atomic mass is 19.1. The first-order valence-electron chi connectivity index (χ1n) is 5.83. The molecule has 0 heterocycles. The maximum atomic E-state index is 13.6. The predicted molar refractivity (Wildman–Crippen MR) is 67.1 cm³/mol. The van der Waals surface area contributed by atoms with Crippen LogP contribution in [0.5, 0.6) is 0 Å². The standard InChI is InChI=1S/C14H14FNO2/c1-2-7-16(9-10-3-4-10)11-5-6-12(14(17)18)13(15)8-11/h1,5-6,8,10H,3-4,7,9H2,(H,17,18). The van der Waals surface area contributed by atoms with Crippen LogP contribution in [-0.2, 0) is 0 Å². The molecule has 0 atom stereocenters. The average Bonchev–Trinajstić information content (AvgIpc) is 3.11. The van der Waals surface area contributed by atoms with E-state index in [4.69, 9.17) is 11.5 Å². The van der Waals surface area contributed by atoms with Gasteiger partial charge in [0.1, 0.15) is 5.82 Å². The third-order valence-corrected chi connectivity index (χ3v) is 3.01. The minimum absolute atomic E-state index is 0.314. The van der Waals surface area contributed by atoms with Crippen molar-refractivity contribution >= 4 is 11.7 Å². The first-order chi connectivity index (χ1) is 8.61. The summed E-state index contributed by atoms with van der Waals surface area (Å²) in [6.07, 6.45) is 7.65.